The maximum atomic E-state index is 2.27. The summed E-state index contributed by atoms with van der Waals surface area (Å²) < 4.78 is 0. The molecule has 0 saturated carbocycles. The van der Waals surface area contributed by atoms with E-state index in [0.717, 1.165) is 0 Å². The summed E-state index contributed by atoms with van der Waals surface area (Å²) in [6.45, 7) is 19.9. The van der Waals surface area contributed by atoms with Gasteiger partial charge in [0.05, 0.1) is 0 Å². The maximum absolute atomic E-state index is 2.27. The minimum Gasteiger partial charge on any atom is -0.0715 e. The van der Waals surface area contributed by atoms with Gasteiger partial charge in [0.1, 0.15) is 0 Å². The van der Waals surface area contributed by atoms with Gasteiger partial charge in [0, 0.05) is 32.7 Å². The Hall–Kier alpha value is 1.02. The predicted octanol–water partition coefficient (Wildman–Crippen LogP) is 6.41. The summed E-state index contributed by atoms with van der Waals surface area (Å²) in [5.74, 6) is 0. The van der Waals surface area contributed by atoms with Gasteiger partial charge in [-0.2, -0.15) is 0 Å². The molecule has 0 fully saturated rings. The van der Waals surface area contributed by atoms with Gasteiger partial charge in [-0.3, -0.25) is 0 Å². The second kappa shape index (κ2) is 43.5. The summed E-state index contributed by atoms with van der Waals surface area (Å²) in [4.78, 5) is 0. The molecule has 2 heteroatoms. The first-order valence-electron chi connectivity index (χ1n) is 7.24. The van der Waals surface area contributed by atoms with Crippen LogP contribution in [0.3, 0.4) is 0 Å². The number of hydrogen-bond acceptors (Lipinski definition) is 0. The van der Waals surface area contributed by atoms with E-state index < -0.39 is 0 Å². The first-order chi connectivity index (χ1) is 7.47. The van der Waals surface area contributed by atoms with Crippen LogP contribution in [0, 0.1) is 0 Å². The van der Waals surface area contributed by atoms with Crippen molar-refractivity contribution in [2.75, 3.05) is 0 Å². The molecule has 0 bridgehead atoms. The van der Waals surface area contributed by atoms with Gasteiger partial charge in [-0.1, -0.05) is 99.7 Å². The van der Waals surface area contributed by atoms with Crippen LogP contribution in [-0.4, -0.2) is 32.7 Å². The van der Waals surface area contributed by atoms with Crippen molar-refractivity contribution in [2.24, 2.45) is 0 Å². The van der Waals surface area contributed by atoms with E-state index >= 15 is 0 Å². The van der Waals surface area contributed by atoms with E-state index in [2.05, 4.69) is 61.2 Å². The van der Waals surface area contributed by atoms with Crippen LogP contribution in [0.25, 0.3) is 0 Å². The van der Waals surface area contributed by atoms with E-state index in [9.17, 15) is 0 Å². The van der Waals surface area contributed by atoms with E-state index in [1.54, 1.807) is 0 Å². The molecule has 0 N–H and O–H groups in total. The molecule has 0 saturated heterocycles. The molecule has 0 rings (SSSR count). The van der Waals surface area contributed by atoms with Crippen LogP contribution >= 0.6 is 0 Å². The fraction of sp³-hybridized carbons (Fsp3) is 1.00. The van der Waals surface area contributed by atoms with E-state index in [4.69, 9.17) is 0 Å². The van der Waals surface area contributed by atoms with Crippen LogP contribution < -0.4 is 0 Å². The zero-order valence-corrected chi connectivity index (χ0v) is 18.1. The van der Waals surface area contributed by atoms with Crippen LogP contribution in [0.5, 0.6) is 0 Å². The second-order valence-corrected chi connectivity index (χ2v) is 7.50. The van der Waals surface area contributed by atoms with Crippen molar-refractivity contribution in [2.45, 2.75) is 99.7 Å². The molecule has 0 unspecified atom stereocenters. The summed E-state index contributed by atoms with van der Waals surface area (Å²) in [7, 11) is 0.120. The summed E-state index contributed by atoms with van der Waals surface area (Å²) in [5, 5.41) is 0. The zero-order chi connectivity index (χ0) is 13.8. The molecule has 5 radical (unpaired) electrons. The molecule has 17 heavy (non-hydrogen) atoms. The molecule has 107 valence electrons. The third-order valence-electron chi connectivity index (χ3n) is 1.50. The molecule has 0 aromatic heterocycles. The third kappa shape index (κ3) is 238. The Morgan fingerprint density at radius 2 is 0.529 bits per heavy atom. The Balaban J connectivity index is -0.0000000369. The van der Waals surface area contributed by atoms with Crippen molar-refractivity contribution in [3.05, 3.63) is 0 Å². The van der Waals surface area contributed by atoms with Gasteiger partial charge in [0.15, 0.2) is 0 Å². The average molecular weight is 366 g/mol. The van der Waals surface area contributed by atoms with Crippen molar-refractivity contribution < 1.29 is 0 Å². The summed E-state index contributed by atoms with van der Waals surface area (Å²) in [6, 6.07) is 0. The Bertz CT molecular complexity index is 47.7. The van der Waals surface area contributed by atoms with Crippen LogP contribution in [0.15, 0.2) is 0 Å². The predicted molar refractivity (Wildman–Crippen MR) is 90.8 cm³/mol. The van der Waals surface area contributed by atoms with Gasteiger partial charge in [-0.05, 0) is 0 Å². The van der Waals surface area contributed by atoms with Gasteiger partial charge in [-0.25, -0.2) is 0 Å². The van der Waals surface area contributed by atoms with Crippen LogP contribution in [0.2, 0.25) is 19.6 Å². The van der Waals surface area contributed by atoms with Crippen molar-refractivity contribution in [3.8, 4) is 0 Å². The van der Waals surface area contributed by atoms with Crippen molar-refractivity contribution in [1.29, 1.82) is 0 Å². The fourth-order valence-electron chi connectivity index (χ4n) is 0. The van der Waals surface area contributed by atoms with Crippen LogP contribution in [0.4, 0.5) is 0 Å². The summed E-state index contributed by atoms with van der Waals surface area (Å²) in [5.41, 5.74) is 0. The van der Waals surface area contributed by atoms with E-state index in [-0.39, 0.29) is 32.7 Å². The molecule has 0 amide bonds. The van der Waals surface area contributed by atoms with Gasteiger partial charge in [0.2, 0.25) is 0 Å². The Morgan fingerprint density at radius 3 is 0.529 bits per heavy atom. The van der Waals surface area contributed by atoms with Crippen molar-refractivity contribution >= 4 is 32.7 Å². The third-order valence-corrected chi connectivity index (χ3v) is 1.50. The molecule has 0 atom stereocenters. The minimum absolute atomic E-state index is 0. The zero-order valence-electron chi connectivity index (χ0n) is 14.2. The SMILES string of the molecule is CCCC.CCCC.CCCC.C[Si](C)C.[Sn]. The topological polar surface area (TPSA) is 0 Å². The molecule has 0 heterocycles. The Morgan fingerprint density at radius 1 is 0.471 bits per heavy atom. The van der Waals surface area contributed by atoms with Crippen LogP contribution in [-0.2, 0) is 0 Å². The molecular formula is C15H39SiSn. The molecule has 0 spiro atoms. The second-order valence-electron chi connectivity index (χ2n) is 4.50. The molecule has 0 aromatic carbocycles. The normalized spacial score (nSPS) is 7.41. The summed E-state index contributed by atoms with van der Waals surface area (Å²) in [6.07, 6.45) is 7.92. The van der Waals surface area contributed by atoms with E-state index in [1.165, 1.54) is 38.5 Å². The smallest absolute Gasteiger partial charge is 0.0379 e. The van der Waals surface area contributed by atoms with Gasteiger partial charge in [-0.15, -0.1) is 0 Å². The first kappa shape index (κ1) is 30.8. The number of unbranched alkanes of at least 4 members (excludes halogenated alkanes) is 3. The molecule has 0 aliphatic rings. The van der Waals surface area contributed by atoms with E-state index in [1.807, 2.05) is 0 Å². The quantitative estimate of drug-likeness (QED) is 0.507. The van der Waals surface area contributed by atoms with Gasteiger partial charge < -0.3 is 0 Å². The van der Waals surface area contributed by atoms with E-state index in [0.29, 0.717) is 0 Å². The van der Waals surface area contributed by atoms with Crippen LogP contribution in [0.1, 0.15) is 80.1 Å². The molecule has 0 aliphatic heterocycles. The number of rotatable bonds is 3. The minimum atomic E-state index is 0. The monoisotopic (exact) mass is 367 g/mol. The molecule has 0 aliphatic carbocycles. The molecule has 0 nitrogen and oxygen atoms in total. The maximum Gasteiger partial charge on any atom is 0.0379 e. The number of hydrogen-bond donors (Lipinski definition) is 0. The largest absolute Gasteiger partial charge is 0.0715 e. The Labute approximate surface area is 132 Å². The van der Waals surface area contributed by atoms with Crippen molar-refractivity contribution in [1.82, 2.24) is 0 Å². The Kier molecular flexibility index (Phi) is 78.8. The fourth-order valence-corrected chi connectivity index (χ4v) is 0. The van der Waals surface area contributed by atoms with Gasteiger partial charge in [0.25, 0.3) is 0 Å². The average Bonchev–Trinajstić information content (AvgIpc) is 2.28. The van der Waals surface area contributed by atoms with Gasteiger partial charge >= 0.3 is 0 Å². The van der Waals surface area contributed by atoms with Crippen molar-refractivity contribution in [3.63, 3.8) is 0 Å². The first-order valence-corrected chi connectivity index (χ1v) is 10.2. The summed E-state index contributed by atoms with van der Waals surface area (Å²) >= 11 is 0. The molecule has 0 aromatic rings. The standard InChI is InChI=1S/3C4H10.C3H9Si.Sn/c3*1-3-4-2;1-4(2)3;/h3*3-4H2,1-2H3;1-3H3;. The molecular weight excluding hydrogens is 327 g/mol.